The number of alkyl halides is 3. The average Bonchev–Trinajstić information content (AvgIpc) is 2.27. The lowest BCUT2D eigenvalue weighted by atomic mass is 10.0. The second-order valence-corrected chi connectivity index (χ2v) is 4.77. The van der Waals surface area contributed by atoms with Crippen molar-refractivity contribution < 1.29 is 18.0 Å². The minimum absolute atomic E-state index is 0.0576. The fourth-order valence-electron chi connectivity index (χ4n) is 1.33. The van der Waals surface area contributed by atoms with Crippen LogP contribution in [0.3, 0.4) is 0 Å². The van der Waals surface area contributed by atoms with Crippen LogP contribution in [-0.2, 0) is 11.2 Å². The van der Waals surface area contributed by atoms with Crippen molar-refractivity contribution in [1.29, 1.82) is 0 Å². The number of carbonyl (C=O) groups is 1. The number of rotatable bonds is 4. The number of nitrogens with one attached hydrogen (secondary N) is 1. The van der Waals surface area contributed by atoms with Gasteiger partial charge in [0, 0.05) is 11.6 Å². The van der Waals surface area contributed by atoms with Gasteiger partial charge in [-0.1, -0.05) is 23.7 Å². The summed E-state index contributed by atoms with van der Waals surface area (Å²) < 4.78 is 37.5. The van der Waals surface area contributed by atoms with Gasteiger partial charge in [-0.05, 0) is 31.0 Å². The van der Waals surface area contributed by atoms with E-state index in [1.807, 2.05) is 0 Å². The molecule has 0 heterocycles. The molecular weight excluding hydrogens is 281 g/mol. The smallest absolute Gasteiger partial charge is 0.354 e. The minimum atomic E-state index is -4.78. The van der Waals surface area contributed by atoms with E-state index >= 15 is 0 Å². The van der Waals surface area contributed by atoms with Gasteiger partial charge in [0.2, 0.25) is 5.91 Å². The molecule has 0 radical (unpaired) electrons. The molecule has 19 heavy (non-hydrogen) atoms. The Kier molecular flexibility index (Phi) is 4.81. The van der Waals surface area contributed by atoms with E-state index in [1.54, 1.807) is 24.3 Å². The van der Waals surface area contributed by atoms with Crippen LogP contribution in [0.1, 0.15) is 12.5 Å². The third-order valence-electron chi connectivity index (χ3n) is 2.65. The molecule has 0 bridgehead atoms. The molecule has 0 aliphatic rings. The molecule has 1 atom stereocenters. The first-order chi connectivity index (χ1) is 8.64. The molecule has 0 aromatic heterocycles. The highest BCUT2D eigenvalue weighted by Gasteiger charge is 2.53. The number of amides is 1. The summed E-state index contributed by atoms with van der Waals surface area (Å²) in [6.07, 6.45) is -4.41. The predicted octanol–water partition coefficient (Wildman–Crippen LogP) is 2.28. The van der Waals surface area contributed by atoms with Gasteiger partial charge in [0.1, 0.15) is 0 Å². The molecule has 0 fully saturated rings. The van der Waals surface area contributed by atoms with Gasteiger partial charge in [0.25, 0.3) is 0 Å². The van der Waals surface area contributed by atoms with Crippen LogP contribution in [0, 0.1) is 0 Å². The molecule has 106 valence electrons. The topological polar surface area (TPSA) is 55.1 Å². The number of hydrogen-bond acceptors (Lipinski definition) is 2. The Morgan fingerprint density at radius 2 is 2.05 bits per heavy atom. The first-order valence-corrected chi connectivity index (χ1v) is 5.91. The molecular formula is C12H14ClF3N2O. The monoisotopic (exact) mass is 294 g/mol. The number of carbonyl (C=O) groups excluding carboxylic acids is 1. The summed E-state index contributed by atoms with van der Waals surface area (Å²) in [5, 5.41) is 2.70. The number of benzene rings is 1. The summed E-state index contributed by atoms with van der Waals surface area (Å²) in [6, 6.07) is 6.86. The van der Waals surface area contributed by atoms with Crippen LogP contribution < -0.4 is 11.1 Å². The Hall–Kier alpha value is -1.27. The Labute approximate surface area is 113 Å². The first-order valence-electron chi connectivity index (χ1n) is 5.53. The van der Waals surface area contributed by atoms with Gasteiger partial charge in [-0.15, -0.1) is 0 Å². The maximum atomic E-state index is 12.5. The van der Waals surface area contributed by atoms with Crippen molar-refractivity contribution in [3.63, 3.8) is 0 Å². The van der Waals surface area contributed by atoms with Crippen LogP contribution in [0.5, 0.6) is 0 Å². The van der Waals surface area contributed by atoms with Gasteiger partial charge in [-0.25, -0.2) is 0 Å². The number of nitrogens with two attached hydrogens (primary N) is 1. The van der Waals surface area contributed by atoms with E-state index in [1.165, 1.54) is 0 Å². The largest absolute Gasteiger partial charge is 0.415 e. The van der Waals surface area contributed by atoms with Crippen LogP contribution in [0.15, 0.2) is 24.3 Å². The molecule has 0 spiro atoms. The van der Waals surface area contributed by atoms with E-state index in [9.17, 15) is 18.0 Å². The van der Waals surface area contributed by atoms with Gasteiger partial charge < -0.3 is 11.1 Å². The zero-order chi connectivity index (χ0) is 14.7. The van der Waals surface area contributed by atoms with Crippen molar-refractivity contribution in [2.24, 2.45) is 5.73 Å². The van der Waals surface area contributed by atoms with Crippen molar-refractivity contribution in [3.05, 3.63) is 34.9 Å². The minimum Gasteiger partial charge on any atom is -0.354 e. The van der Waals surface area contributed by atoms with Gasteiger partial charge in [-0.3, -0.25) is 4.79 Å². The second-order valence-electron chi connectivity index (χ2n) is 4.34. The second kappa shape index (κ2) is 5.79. The van der Waals surface area contributed by atoms with Crippen LogP contribution >= 0.6 is 11.6 Å². The zero-order valence-corrected chi connectivity index (χ0v) is 11.0. The van der Waals surface area contributed by atoms with E-state index in [0.29, 0.717) is 18.4 Å². The lowest BCUT2D eigenvalue weighted by Crippen LogP contribution is -2.61. The van der Waals surface area contributed by atoms with Gasteiger partial charge in [0.05, 0.1) is 0 Å². The summed E-state index contributed by atoms with van der Waals surface area (Å²) in [5.41, 5.74) is 2.91. The van der Waals surface area contributed by atoms with Crippen molar-refractivity contribution in [1.82, 2.24) is 5.32 Å². The highest BCUT2D eigenvalue weighted by atomic mass is 35.5. The van der Waals surface area contributed by atoms with Crippen molar-refractivity contribution in [2.75, 3.05) is 6.54 Å². The van der Waals surface area contributed by atoms with E-state index < -0.39 is 17.6 Å². The Bertz CT molecular complexity index is 461. The summed E-state index contributed by atoms with van der Waals surface area (Å²) in [7, 11) is 0. The third-order valence-corrected chi connectivity index (χ3v) is 2.88. The first kappa shape index (κ1) is 15.8. The normalized spacial score (nSPS) is 14.8. The van der Waals surface area contributed by atoms with Crippen LogP contribution in [-0.4, -0.2) is 24.2 Å². The van der Waals surface area contributed by atoms with Crippen LogP contribution in [0.2, 0.25) is 5.02 Å². The molecule has 3 nitrogen and oxygen atoms in total. The van der Waals surface area contributed by atoms with E-state index in [0.717, 1.165) is 5.56 Å². The highest BCUT2D eigenvalue weighted by Crippen LogP contribution is 2.27. The lowest BCUT2D eigenvalue weighted by molar-refractivity contribution is -0.187. The van der Waals surface area contributed by atoms with Crippen molar-refractivity contribution in [3.8, 4) is 0 Å². The van der Waals surface area contributed by atoms with Gasteiger partial charge in [0.15, 0.2) is 5.54 Å². The molecule has 1 unspecified atom stereocenters. The highest BCUT2D eigenvalue weighted by molar-refractivity contribution is 6.30. The molecule has 1 rings (SSSR count). The Balaban J connectivity index is 2.52. The molecule has 3 N–H and O–H groups in total. The van der Waals surface area contributed by atoms with E-state index in [-0.39, 0.29) is 6.54 Å². The average molecular weight is 295 g/mol. The SMILES string of the molecule is CC(N)(C(=O)NCCc1cccc(Cl)c1)C(F)(F)F. The Morgan fingerprint density at radius 1 is 1.42 bits per heavy atom. The fourth-order valence-corrected chi connectivity index (χ4v) is 1.54. The fraction of sp³-hybridized carbons (Fsp3) is 0.417. The van der Waals surface area contributed by atoms with Crippen molar-refractivity contribution >= 4 is 17.5 Å². The predicted molar refractivity (Wildman–Crippen MR) is 66.8 cm³/mol. The Morgan fingerprint density at radius 3 is 2.58 bits per heavy atom. The maximum absolute atomic E-state index is 12.5. The van der Waals surface area contributed by atoms with Gasteiger partial charge >= 0.3 is 6.18 Å². The lowest BCUT2D eigenvalue weighted by Gasteiger charge is -2.26. The molecule has 1 aromatic carbocycles. The molecule has 1 amide bonds. The molecule has 0 saturated heterocycles. The quantitative estimate of drug-likeness (QED) is 0.895. The molecule has 7 heteroatoms. The number of hydrogen-bond donors (Lipinski definition) is 2. The summed E-state index contributed by atoms with van der Waals surface area (Å²) in [5.74, 6) is -1.25. The van der Waals surface area contributed by atoms with E-state index in [2.05, 4.69) is 5.32 Å². The van der Waals surface area contributed by atoms with Crippen LogP contribution in [0.25, 0.3) is 0 Å². The molecule has 0 aliphatic carbocycles. The third kappa shape index (κ3) is 4.11. The standard InChI is InChI=1S/C12H14ClF3N2O/c1-11(17,12(14,15)16)10(19)18-6-5-8-3-2-4-9(13)7-8/h2-4,7H,5-6,17H2,1H3,(H,18,19). The molecule has 0 saturated carbocycles. The van der Waals surface area contributed by atoms with Gasteiger partial charge in [-0.2, -0.15) is 13.2 Å². The zero-order valence-electron chi connectivity index (χ0n) is 10.2. The summed E-state index contributed by atoms with van der Waals surface area (Å²) in [4.78, 5) is 11.4. The van der Waals surface area contributed by atoms with Crippen LogP contribution in [0.4, 0.5) is 13.2 Å². The molecule has 0 aliphatic heterocycles. The summed E-state index contributed by atoms with van der Waals surface area (Å²) in [6.45, 7) is 0.698. The summed E-state index contributed by atoms with van der Waals surface area (Å²) >= 11 is 5.76. The maximum Gasteiger partial charge on any atom is 0.415 e. The molecule has 1 aromatic rings. The number of halogens is 4. The van der Waals surface area contributed by atoms with E-state index in [4.69, 9.17) is 17.3 Å². The van der Waals surface area contributed by atoms with Crippen molar-refractivity contribution in [2.45, 2.75) is 25.1 Å².